The molecule has 6 nitrogen and oxygen atoms in total. The topological polar surface area (TPSA) is 81.2 Å². The third kappa shape index (κ3) is 4.11. The Labute approximate surface area is 139 Å². The smallest absolute Gasteiger partial charge is 0.270 e. The van der Waals surface area contributed by atoms with Gasteiger partial charge in [0.15, 0.2) is 0 Å². The van der Waals surface area contributed by atoms with Gasteiger partial charge in [0.05, 0.1) is 10.6 Å². The molecule has 0 amide bonds. The maximum Gasteiger partial charge on any atom is 0.270 e. The summed E-state index contributed by atoms with van der Waals surface area (Å²) in [6, 6.07) is 6.62. The van der Waals surface area contributed by atoms with Crippen molar-refractivity contribution >= 4 is 17.4 Å². The first-order chi connectivity index (χ1) is 10.9. The Hall–Kier alpha value is -1.86. The number of aliphatic hydroxyl groups is 1. The normalized spacial score (nSPS) is 11.2. The highest BCUT2D eigenvalue weighted by atomic mass is 32.2. The predicted molar refractivity (Wildman–Crippen MR) is 89.9 cm³/mol. The van der Waals surface area contributed by atoms with Gasteiger partial charge in [-0.1, -0.05) is 31.7 Å². The second-order valence-corrected chi connectivity index (χ2v) is 6.68. The number of hydrogen-bond acceptors (Lipinski definition) is 5. The molecule has 124 valence electrons. The van der Waals surface area contributed by atoms with Crippen molar-refractivity contribution in [2.24, 2.45) is 7.05 Å². The van der Waals surface area contributed by atoms with Gasteiger partial charge in [-0.2, -0.15) is 0 Å². The minimum atomic E-state index is -0.386. The first-order valence-corrected chi connectivity index (χ1v) is 8.34. The quantitative estimate of drug-likeness (QED) is 0.618. The molecule has 0 unspecified atom stereocenters. The Morgan fingerprint density at radius 1 is 1.43 bits per heavy atom. The molecule has 1 aromatic carbocycles. The summed E-state index contributed by atoms with van der Waals surface area (Å²) in [7, 11) is 1.95. The van der Waals surface area contributed by atoms with Crippen LogP contribution in [0.2, 0.25) is 0 Å². The van der Waals surface area contributed by atoms with Crippen LogP contribution in [-0.4, -0.2) is 26.2 Å². The molecule has 2 aromatic rings. The van der Waals surface area contributed by atoms with Gasteiger partial charge in [0.25, 0.3) is 5.69 Å². The summed E-state index contributed by atoms with van der Waals surface area (Å²) in [6.07, 6.45) is 1.38. The van der Waals surface area contributed by atoms with E-state index in [9.17, 15) is 10.1 Å². The maximum absolute atomic E-state index is 10.9. The van der Waals surface area contributed by atoms with Crippen molar-refractivity contribution in [2.45, 2.75) is 42.5 Å². The minimum absolute atomic E-state index is 0.0868. The number of nitrogens with zero attached hydrogens (tertiary/aromatic N) is 3. The van der Waals surface area contributed by atoms with Crippen molar-refractivity contribution in [3.05, 3.63) is 45.9 Å². The van der Waals surface area contributed by atoms with E-state index in [0.29, 0.717) is 12.8 Å². The number of non-ortho nitro benzene ring substituents is 1. The lowest BCUT2D eigenvalue weighted by Crippen LogP contribution is -2.00. The van der Waals surface area contributed by atoms with E-state index in [1.54, 1.807) is 12.1 Å². The number of rotatable bonds is 7. The fraction of sp³-hybridized carbons (Fsp3) is 0.438. The summed E-state index contributed by atoms with van der Waals surface area (Å²) in [4.78, 5) is 16.1. The Morgan fingerprint density at radius 3 is 2.78 bits per heavy atom. The van der Waals surface area contributed by atoms with E-state index < -0.39 is 0 Å². The van der Waals surface area contributed by atoms with Crippen LogP contribution in [0.5, 0.6) is 0 Å². The number of hydrogen-bond donors (Lipinski definition) is 1. The van der Waals surface area contributed by atoms with Crippen LogP contribution in [0.15, 0.2) is 34.2 Å². The van der Waals surface area contributed by atoms with Crippen molar-refractivity contribution in [3.63, 3.8) is 0 Å². The van der Waals surface area contributed by atoms with E-state index in [0.717, 1.165) is 21.4 Å². The first kappa shape index (κ1) is 17.5. The monoisotopic (exact) mass is 335 g/mol. The lowest BCUT2D eigenvalue weighted by atomic mass is 10.1. The maximum atomic E-state index is 10.9. The number of nitro benzene ring substituents is 1. The molecular formula is C16H21N3O3S. The largest absolute Gasteiger partial charge is 0.396 e. The lowest BCUT2D eigenvalue weighted by molar-refractivity contribution is -0.385. The number of aliphatic hydroxyl groups excluding tert-OH is 1. The third-order valence-corrected chi connectivity index (χ3v) is 4.67. The molecule has 0 radical (unpaired) electrons. The van der Waals surface area contributed by atoms with E-state index >= 15 is 0 Å². The molecule has 2 rings (SSSR count). The Balaban J connectivity index is 2.36. The number of benzene rings is 1. The average Bonchev–Trinajstić information content (AvgIpc) is 2.82. The van der Waals surface area contributed by atoms with E-state index in [4.69, 9.17) is 10.1 Å². The predicted octanol–water partition coefficient (Wildman–Crippen LogP) is 3.53. The number of imidazole rings is 1. The van der Waals surface area contributed by atoms with Gasteiger partial charge in [0.1, 0.15) is 10.9 Å². The van der Waals surface area contributed by atoms with E-state index in [1.807, 2.05) is 17.7 Å². The van der Waals surface area contributed by atoms with Crippen LogP contribution >= 0.6 is 11.8 Å². The van der Waals surface area contributed by atoms with Crippen molar-refractivity contribution in [1.29, 1.82) is 0 Å². The molecule has 0 aliphatic carbocycles. The van der Waals surface area contributed by atoms with Gasteiger partial charge in [-0.15, -0.1) is 0 Å². The molecule has 0 fully saturated rings. The van der Waals surface area contributed by atoms with Crippen LogP contribution in [0.1, 0.15) is 37.7 Å². The molecule has 0 bridgehead atoms. The molecule has 7 heteroatoms. The van der Waals surface area contributed by atoms with Gasteiger partial charge >= 0.3 is 0 Å². The Morgan fingerprint density at radius 2 is 2.17 bits per heavy atom. The van der Waals surface area contributed by atoms with Crippen LogP contribution in [0.25, 0.3) is 0 Å². The molecule has 1 N–H and O–H groups in total. The second-order valence-electron chi connectivity index (χ2n) is 5.62. The third-order valence-electron chi connectivity index (χ3n) is 3.51. The fourth-order valence-corrected chi connectivity index (χ4v) is 3.46. The molecular weight excluding hydrogens is 314 g/mol. The van der Waals surface area contributed by atoms with Crippen molar-refractivity contribution in [3.8, 4) is 0 Å². The molecule has 0 aliphatic rings. The van der Waals surface area contributed by atoms with E-state index in [2.05, 4.69) is 13.8 Å². The highest BCUT2D eigenvalue weighted by Crippen LogP contribution is 2.35. The zero-order valence-corrected chi connectivity index (χ0v) is 14.3. The number of aromatic nitrogens is 2. The zero-order valence-electron chi connectivity index (χ0n) is 13.5. The fourth-order valence-electron chi connectivity index (χ4n) is 2.28. The van der Waals surface area contributed by atoms with Crippen LogP contribution in [0, 0.1) is 10.1 Å². The summed E-state index contributed by atoms with van der Waals surface area (Å²) in [6.45, 7) is 4.29. The molecule has 0 spiro atoms. The highest BCUT2D eigenvalue weighted by Gasteiger charge is 2.19. The van der Waals surface area contributed by atoms with Crippen molar-refractivity contribution in [1.82, 2.24) is 9.55 Å². The van der Waals surface area contributed by atoms with Gasteiger partial charge in [0.2, 0.25) is 0 Å². The summed E-state index contributed by atoms with van der Waals surface area (Å²) in [5.74, 6) is 1.18. The van der Waals surface area contributed by atoms with Gasteiger partial charge < -0.3 is 9.67 Å². The standard InChI is InChI=1S/C16H21N3O3S/c1-11(2)15-16(18(3)14(17-15)8-5-9-20)23-13-7-4-6-12(10-13)19(21)22/h4,6-7,10-11,20H,5,8-9H2,1-3H3. The van der Waals surface area contributed by atoms with Gasteiger partial charge in [-0.25, -0.2) is 4.98 Å². The van der Waals surface area contributed by atoms with Gasteiger partial charge in [0, 0.05) is 37.1 Å². The SMILES string of the molecule is CC(C)c1nc(CCCO)n(C)c1Sc1cccc([N+](=O)[O-])c1. The second kappa shape index (κ2) is 7.61. The molecule has 1 heterocycles. The first-order valence-electron chi connectivity index (χ1n) is 7.52. The highest BCUT2D eigenvalue weighted by molar-refractivity contribution is 7.99. The molecule has 23 heavy (non-hydrogen) atoms. The van der Waals surface area contributed by atoms with Crippen molar-refractivity contribution < 1.29 is 10.0 Å². The molecule has 0 aliphatic heterocycles. The lowest BCUT2D eigenvalue weighted by Gasteiger charge is -2.08. The zero-order chi connectivity index (χ0) is 17.0. The van der Waals surface area contributed by atoms with E-state index in [1.165, 1.54) is 17.8 Å². The number of nitro groups is 1. The minimum Gasteiger partial charge on any atom is -0.396 e. The summed E-state index contributed by atoms with van der Waals surface area (Å²) in [5, 5.41) is 20.9. The van der Waals surface area contributed by atoms with Gasteiger partial charge in [-0.05, 0) is 18.4 Å². The van der Waals surface area contributed by atoms with Gasteiger partial charge in [-0.3, -0.25) is 10.1 Å². The molecule has 1 aromatic heterocycles. The van der Waals surface area contributed by atoms with Crippen molar-refractivity contribution in [2.75, 3.05) is 6.61 Å². The number of aryl methyl sites for hydroxylation is 1. The van der Waals surface area contributed by atoms with Crippen LogP contribution in [0.3, 0.4) is 0 Å². The van der Waals surface area contributed by atoms with Crippen LogP contribution in [-0.2, 0) is 13.5 Å². The molecule has 0 saturated carbocycles. The Bertz CT molecular complexity index is 698. The Kier molecular flexibility index (Phi) is 5.79. The van der Waals surface area contributed by atoms with Crippen LogP contribution in [0.4, 0.5) is 5.69 Å². The van der Waals surface area contributed by atoms with E-state index in [-0.39, 0.29) is 23.1 Å². The summed E-state index contributed by atoms with van der Waals surface area (Å²) < 4.78 is 2.02. The summed E-state index contributed by atoms with van der Waals surface area (Å²) in [5.41, 5.74) is 1.07. The average molecular weight is 335 g/mol. The van der Waals surface area contributed by atoms with Crippen LogP contribution < -0.4 is 0 Å². The molecule has 0 atom stereocenters. The summed E-state index contributed by atoms with van der Waals surface area (Å²) >= 11 is 1.49. The molecule has 0 saturated heterocycles.